The minimum atomic E-state index is 1.22. The fraction of sp³-hybridized carbons (Fsp3) is 0.0476. The van der Waals surface area contributed by atoms with Crippen molar-refractivity contribution in [2.24, 2.45) is 0 Å². The van der Waals surface area contributed by atoms with Crippen LogP contribution in [-0.2, 0) is 0 Å². The molecule has 0 N–H and O–H groups in total. The van der Waals surface area contributed by atoms with E-state index in [9.17, 15) is 0 Å². The second kappa shape index (κ2) is 6.23. The van der Waals surface area contributed by atoms with E-state index in [-0.39, 0.29) is 0 Å². The minimum absolute atomic E-state index is 1.22. The molecule has 3 aromatic rings. The second-order valence-corrected chi connectivity index (χ2v) is 5.18. The molecule has 0 saturated carbocycles. The van der Waals surface area contributed by atoms with Crippen molar-refractivity contribution in [2.45, 2.75) is 6.92 Å². The lowest BCUT2D eigenvalue weighted by Gasteiger charge is -2.07. The van der Waals surface area contributed by atoms with Gasteiger partial charge in [-0.3, -0.25) is 0 Å². The molecule has 0 bridgehead atoms. The van der Waals surface area contributed by atoms with Crippen molar-refractivity contribution < 1.29 is 0 Å². The summed E-state index contributed by atoms with van der Waals surface area (Å²) in [7, 11) is 0. The summed E-state index contributed by atoms with van der Waals surface area (Å²) in [5, 5.41) is 0. The van der Waals surface area contributed by atoms with Crippen molar-refractivity contribution >= 4 is 12.2 Å². The molecule has 0 atom stereocenters. The molecule has 0 unspecified atom stereocenters. The van der Waals surface area contributed by atoms with Crippen molar-refractivity contribution in [1.82, 2.24) is 0 Å². The Kier molecular flexibility index (Phi) is 3.97. The summed E-state index contributed by atoms with van der Waals surface area (Å²) in [5.74, 6) is 0. The highest BCUT2D eigenvalue weighted by Gasteiger charge is 2.01. The molecule has 0 amide bonds. The average molecular weight is 270 g/mol. The van der Waals surface area contributed by atoms with E-state index in [1.165, 1.54) is 27.8 Å². The van der Waals surface area contributed by atoms with Crippen LogP contribution < -0.4 is 0 Å². The summed E-state index contributed by atoms with van der Waals surface area (Å²) in [6.07, 6.45) is 4.31. The normalized spacial score (nSPS) is 10.9. The molecule has 3 aromatic carbocycles. The van der Waals surface area contributed by atoms with Crippen LogP contribution in [-0.4, -0.2) is 0 Å². The smallest absolute Gasteiger partial charge is 0.0154 e. The largest absolute Gasteiger partial charge is 0.0622 e. The third-order valence-corrected chi connectivity index (χ3v) is 3.60. The zero-order valence-corrected chi connectivity index (χ0v) is 12.2. The molecule has 0 nitrogen and oxygen atoms in total. The molecule has 21 heavy (non-hydrogen) atoms. The number of hydrogen-bond acceptors (Lipinski definition) is 0. The van der Waals surface area contributed by atoms with Crippen LogP contribution in [0.3, 0.4) is 0 Å². The van der Waals surface area contributed by atoms with Crippen LogP contribution in [0, 0.1) is 6.92 Å². The minimum Gasteiger partial charge on any atom is -0.0622 e. The molecule has 0 aromatic heterocycles. The van der Waals surface area contributed by atoms with Crippen LogP contribution in [0.25, 0.3) is 23.3 Å². The Labute approximate surface area is 126 Å². The lowest BCUT2D eigenvalue weighted by molar-refractivity contribution is 1.45. The van der Waals surface area contributed by atoms with E-state index in [2.05, 4.69) is 91.9 Å². The Bertz CT molecular complexity index is 738. The molecule has 0 aliphatic rings. The van der Waals surface area contributed by atoms with Crippen molar-refractivity contribution in [1.29, 1.82) is 0 Å². The molecule has 0 fully saturated rings. The van der Waals surface area contributed by atoms with Gasteiger partial charge in [-0.1, -0.05) is 91.0 Å². The van der Waals surface area contributed by atoms with Gasteiger partial charge in [0.2, 0.25) is 0 Å². The van der Waals surface area contributed by atoms with Gasteiger partial charge < -0.3 is 0 Å². The summed E-state index contributed by atoms with van der Waals surface area (Å²) in [6.45, 7) is 2.17. The van der Waals surface area contributed by atoms with Gasteiger partial charge in [0.1, 0.15) is 0 Å². The van der Waals surface area contributed by atoms with E-state index in [1.54, 1.807) is 0 Å². The van der Waals surface area contributed by atoms with Gasteiger partial charge in [-0.2, -0.15) is 0 Å². The van der Waals surface area contributed by atoms with Crippen LogP contribution in [0.15, 0.2) is 78.9 Å². The maximum atomic E-state index is 2.24. The quantitative estimate of drug-likeness (QED) is 0.525. The highest BCUT2D eigenvalue weighted by molar-refractivity contribution is 5.74. The summed E-state index contributed by atoms with van der Waals surface area (Å²) >= 11 is 0. The summed E-state index contributed by atoms with van der Waals surface area (Å²) in [4.78, 5) is 0. The summed E-state index contributed by atoms with van der Waals surface area (Å²) in [6, 6.07) is 27.5. The van der Waals surface area contributed by atoms with Crippen LogP contribution in [0.1, 0.15) is 16.7 Å². The van der Waals surface area contributed by atoms with Gasteiger partial charge in [-0.25, -0.2) is 0 Å². The van der Waals surface area contributed by atoms with E-state index >= 15 is 0 Å². The van der Waals surface area contributed by atoms with Crippen LogP contribution in [0.4, 0.5) is 0 Å². The lowest BCUT2D eigenvalue weighted by Crippen LogP contribution is -1.84. The van der Waals surface area contributed by atoms with Crippen LogP contribution in [0.2, 0.25) is 0 Å². The number of benzene rings is 3. The monoisotopic (exact) mass is 270 g/mol. The maximum absolute atomic E-state index is 2.24. The summed E-state index contributed by atoms with van der Waals surface area (Å²) in [5.41, 5.74) is 6.33. The standard InChI is InChI=1S/C21H18/c1-17-16-19(13-12-18-8-4-2-5-9-18)14-15-21(17)20-10-6-3-7-11-20/h2-16H,1H3/b13-12+. The molecule has 0 heteroatoms. The van der Waals surface area contributed by atoms with E-state index in [1.807, 2.05) is 6.07 Å². The Morgan fingerprint density at radius 1 is 0.619 bits per heavy atom. The lowest BCUT2D eigenvalue weighted by atomic mass is 9.98. The Balaban J connectivity index is 1.87. The van der Waals surface area contributed by atoms with E-state index in [4.69, 9.17) is 0 Å². The summed E-state index contributed by atoms with van der Waals surface area (Å²) < 4.78 is 0. The average Bonchev–Trinajstić information content (AvgIpc) is 2.55. The molecule has 0 aliphatic heterocycles. The molecule has 102 valence electrons. The van der Waals surface area contributed by atoms with Gasteiger partial charge in [0.05, 0.1) is 0 Å². The Hall–Kier alpha value is -2.60. The molecular formula is C21H18. The first-order valence-corrected chi connectivity index (χ1v) is 7.22. The molecule has 0 heterocycles. The van der Waals surface area contributed by atoms with Crippen LogP contribution in [0.5, 0.6) is 0 Å². The topological polar surface area (TPSA) is 0 Å². The molecule has 3 rings (SSSR count). The van der Waals surface area contributed by atoms with Crippen LogP contribution >= 0.6 is 0 Å². The predicted octanol–water partition coefficient (Wildman–Crippen LogP) is 5.83. The first-order valence-electron chi connectivity index (χ1n) is 7.22. The van der Waals surface area contributed by atoms with Gasteiger partial charge in [-0.05, 0) is 34.7 Å². The first-order chi connectivity index (χ1) is 10.3. The molecule has 0 saturated heterocycles. The molecule has 0 aliphatic carbocycles. The third kappa shape index (κ3) is 3.29. The highest BCUT2D eigenvalue weighted by atomic mass is 14.1. The van der Waals surface area contributed by atoms with E-state index < -0.39 is 0 Å². The fourth-order valence-electron chi connectivity index (χ4n) is 2.49. The predicted molar refractivity (Wildman–Crippen MR) is 92.0 cm³/mol. The van der Waals surface area contributed by atoms with Crippen molar-refractivity contribution in [2.75, 3.05) is 0 Å². The fourth-order valence-corrected chi connectivity index (χ4v) is 2.49. The van der Waals surface area contributed by atoms with Gasteiger partial charge in [0.15, 0.2) is 0 Å². The Morgan fingerprint density at radius 2 is 1.24 bits per heavy atom. The highest BCUT2D eigenvalue weighted by Crippen LogP contribution is 2.24. The van der Waals surface area contributed by atoms with Crippen molar-refractivity contribution in [3.05, 3.63) is 95.6 Å². The van der Waals surface area contributed by atoms with Gasteiger partial charge >= 0.3 is 0 Å². The third-order valence-electron chi connectivity index (χ3n) is 3.60. The van der Waals surface area contributed by atoms with Crippen molar-refractivity contribution in [3.8, 4) is 11.1 Å². The van der Waals surface area contributed by atoms with E-state index in [0.717, 1.165) is 0 Å². The van der Waals surface area contributed by atoms with Crippen molar-refractivity contribution in [3.63, 3.8) is 0 Å². The Morgan fingerprint density at radius 3 is 1.90 bits per heavy atom. The van der Waals surface area contributed by atoms with Gasteiger partial charge in [-0.15, -0.1) is 0 Å². The zero-order chi connectivity index (χ0) is 14.5. The zero-order valence-electron chi connectivity index (χ0n) is 12.2. The number of aryl methyl sites for hydroxylation is 1. The van der Waals surface area contributed by atoms with Gasteiger partial charge in [0, 0.05) is 0 Å². The second-order valence-electron chi connectivity index (χ2n) is 5.18. The molecular weight excluding hydrogens is 252 g/mol. The molecule has 0 spiro atoms. The first kappa shape index (κ1) is 13.4. The molecule has 0 radical (unpaired) electrons. The van der Waals surface area contributed by atoms with Gasteiger partial charge in [0.25, 0.3) is 0 Å². The number of rotatable bonds is 3. The van der Waals surface area contributed by atoms with E-state index in [0.29, 0.717) is 0 Å². The number of hydrogen-bond donors (Lipinski definition) is 0. The maximum Gasteiger partial charge on any atom is -0.0154 e. The SMILES string of the molecule is Cc1cc(/C=C/c2ccccc2)ccc1-c1ccccc1.